The molecule has 1 unspecified atom stereocenters. The van der Waals surface area contributed by atoms with Gasteiger partial charge >= 0.3 is 6.18 Å². The van der Waals surface area contributed by atoms with Crippen LogP contribution in [0, 0.1) is 0 Å². The fourth-order valence-electron chi connectivity index (χ4n) is 2.62. The molecular formula is C17H25F3IN3O3S. The Labute approximate surface area is 180 Å². The second-order valence-electron chi connectivity index (χ2n) is 6.36. The molecule has 0 saturated carbocycles. The lowest BCUT2D eigenvalue weighted by Crippen LogP contribution is -2.44. The molecule has 0 bridgehead atoms. The van der Waals surface area contributed by atoms with Crippen molar-refractivity contribution in [1.82, 2.24) is 10.6 Å². The Kier molecular flexibility index (Phi) is 9.98. The SMILES string of the molecule is CCNC(=NCc1ccc(COCC(F)(F)F)cc1)NC1CCS(=O)(=O)C1.I. The minimum absolute atomic E-state index is 0. The number of guanidine groups is 1. The van der Waals surface area contributed by atoms with Gasteiger partial charge in [0.2, 0.25) is 0 Å². The van der Waals surface area contributed by atoms with Crippen LogP contribution in [0.1, 0.15) is 24.5 Å². The smallest absolute Gasteiger partial charge is 0.367 e. The Morgan fingerprint density at radius 3 is 2.43 bits per heavy atom. The maximum absolute atomic E-state index is 12.1. The summed E-state index contributed by atoms with van der Waals surface area (Å²) < 4.78 is 63.9. The second kappa shape index (κ2) is 11.2. The summed E-state index contributed by atoms with van der Waals surface area (Å²) in [6.45, 7) is 1.54. The molecular weight excluding hydrogens is 510 g/mol. The molecule has 1 aromatic rings. The lowest BCUT2D eigenvalue weighted by Gasteiger charge is -2.15. The summed E-state index contributed by atoms with van der Waals surface area (Å²) in [4.78, 5) is 4.44. The van der Waals surface area contributed by atoms with E-state index < -0.39 is 22.6 Å². The molecule has 1 heterocycles. The Hall–Kier alpha value is -1.08. The molecule has 1 aliphatic heterocycles. The van der Waals surface area contributed by atoms with Gasteiger partial charge in [0, 0.05) is 12.6 Å². The highest BCUT2D eigenvalue weighted by atomic mass is 127. The number of alkyl halides is 3. The first-order valence-corrected chi connectivity index (χ1v) is 10.5. The Morgan fingerprint density at radius 2 is 1.89 bits per heavy atom. The van der Waals surface area contributed by atoms with Gasteiger partial charge in [-0.2, -0.15) is 13.2 Å². The molecule has 1 fully saturated rings. The maximum Gasteiger partial charge on any atom is 0.411 e. The number of benzene rings is 1. The number of sulfone groups is 1. The van der Waals surface area contributed by atoms with Crippen LogP contribution in [-0.4, -0.2) is 51.3 Å². The highest BCUT2D eigenvalue weighted by Crippen LogP contribution is 2.16. The van der Waals surface area contributed by atoms with Crippen LogP contribution in [0.15, 0.2) is 29.3 Å². The van der Waals surface area contributed by atoms with Gasteiger partial charge in [-0.25, -0.2) is 13.4 Å². The van der Waals surface area contributed by atoms with Gasteiger partial charge in [-0.1, -0.05) is 24.3 Å². The third-order valence-electron chi connectivity index (χ3n) is 3.89. The minimum Gasteiger partial charge on any atom is -0.367 e. The third kappa shape index (κ3) is 9.41. The summed E-state index contributed by atoms with van der Waals surface area (Å²) >= 11 is 0. The molecule has 28 heavy (non-hydrogen) atoms. The minimum atomic E-state index is -4.33. The quantitative estimate of drug-likeness (QED) is 0.319. The van der Waals surface area contributed by atoms with Crippen LogP contribution in [0.3, 0.4) is 0 Å². The number of nitrogens with zero attached hydrogens (tertiary/aromatic N) is 1. The van der Waals surface area contributed by atoms with Crippen molar-refractivity contribution in [2.45, 2.75) is 38.7 Å². The number of hydrogen-bond donors (Lipinski definition) is 2. The Bertz CT molecular complexity index is 740. The van der Waals surface area contributed by atoms with E-state index in [2.05, 4.69) is 20.4 Å². The topological polar surface area (TPSA) is 79.8 Å². The van der Waals surface area contributed by atoms with Gasteiger partial charge in [0.25, 0.3) is 0 Å². The van der Waals surface area contributed by atoms with Gasteiger partial charge in [-0.15, -0.1) is 24.0 Å². The van der Waals surface area contributed by atoms with Gasteiger partial charge in [0.1, 0.15) is 6.61 Å². The van der Waals surface area contributed by atoms with Crippen LogP contribution in [-0.2, 0) is 27.7 Å². The number of aliphatic imine (C=N–C) groups is 1. The fraction of sp³-hybridized carbons (Fsp3) is 0.588. The zero-order valence-corrected chi connectivity index (χ0v) is 18.6. The van der Waals surface area contributed by atoms with E-state index in [1.807, 2.05) is 6.92 Å². The number of rotatable bonds is 7. The van der Waals surface area contributed by atoms with Crippen molar-refractivity contribution >= 4 is 39.8 Å². The van der Waals surface area contributed by atoms with E-state index in [4.69, 9.17) is 0 Å². The van der Waals surface area contributed by atoms with Crippen molar-refractivity contribution < 1.29 is 26.3 Å². The summed E-state index contributed by atoms with van der Waals surface area (Å²) in [5.74, 6) is 0.823. The molecule has 0 radical (unpaired) electrons. The summed E-state index contributed by atoms with van der Waals surface area (Å²) in [6, 6.07) is 6.80. The molecule has 1 atom stereocenters. The summed E-state index contributed by atoms with van der Waals surface area (Å²) in [7, 11) is -2.97. The molecule has 0 spiro atoms. The van der Waals surface area contributed by atoms with E-state index >= 15 is 0 Å². The highest BCUT2D eigenvalue weighted by Gasteiger charge is 2.28. The van der Waals surface area contributed by atoms with Crippen LogP contribution in [0.2, 0.25) is 0 Å². The van der Waals surface area contributed by atoms with E-state index in [0.717, 1.165) is 5.56 Å². The molecule has 0 amide bonds. The van der Waals surface area contributed by atoms with Crippen molar-refractivity contribution in [3.8, 4) is 0 Å². The van der Waals surface area contributed by atoms with Crippen LogP contribution >= 0.6 is 24.0 Å². The predicted molar refractivity (Wildman–Crippen MR) is 113 cm³/mol. The Balaban J connectivity index is 0.00000392. The second-order valence-corrected chi connectivity index (χ2v) is 8.59. The van der Waals surface area contributed by atoms with Gasteiger partial charge in [0.05, 0.1) is 24.7 Å². The van der Waals surface area contributed by atoms with Crippen molar-refractivity contribution in [2.75, 3.05) is 24.7 Å². The third-order valence-corrected chi connectivity index (χ3v) is 5.66. The van der Waals surface area contributed by atoms with Gasteiger partial charge < -0.3 is 15.4 Å². The zero-order chi connectivity index (χ0) is 19.9. The standard InChI is InChI=1S/C17H24F3N3O3S.HI/c1-2-21-16(23-15-7-8-27(24,25)11-15)22-9-13-3-5-14(6-4-13)10-26-12-17(18,19)20;/h3-6,15H,2,7-12H2,1H3,(H2,21,22,23);1H. The van der Waals surface area contributed by atoms with Crippen molar-refractivity contribution in [3.63, 3.8) is 0 Å². The first kappa shape index (κ1) is 25.0. The van der Waals surface area contributed by atoms with E-state index in [1.165, 1.54) is 0 Å². The molecule has 2 rings (SSSR count). The van der Waals surface area contributed by atoms with E-state index in [9.17, 15) is 21.6 Å². The lowest BCUT2D eigenvalue weighted by molar-refractivity contribution is -0.176. The van der Waals surface area contributed by atoms with Gasteiger partial charge in [-0.3, -0.25) is 0 Å². The molecule has 6 nitrogen and oxygen atoms in total. The van der Waals surface area contributed by atoms with E-state index in [-0.39, 0.29) is 48.1 Å². The largest absolute Gasteiger partial charge is 0.411 e. The number of ether oxygens (including phenoxy) is 1. The van der Waals surface area contributed by atoms with Crippen molar-refractivity contribution in [3.05, 3.63) is 35.4 Å². The monoisotopic (exact) mass is 535 g/mol. The lowest BCUT2D eigenvalue weighted by atomic mass is 10.1. The predicted octanol–water partition coefficient (Wildman–Crippen LogP) is 2.63. The molecule has 11 heteroatoms. The molecule has 1 aliphatic rings. The van der Waals surface area contributed by atoms with Gasteiger partial charge in [0.15, 0.2) is 15.8 Å². The highest BCUT2D eigenvalue weighted by molar-refractivity contribution is 14.0. The average Bonchev–Trinajstić information content (AvgIpc) is 2.91. The molecule has 0 aliphatic carbocycles. The molecule has 1 aromatic carbocycles. The first-order chi connectivity index (χ1) is 12.7. The number of halogens is 4. The number of hydrogen-bond acceptors (Lipinski definition) is 4. The average molecular weight is 535 g/mol. The van der Waals surface area contributed by atoms with Gasteiger partial charge in [-0.05, 0) is 24.5 Å². The fourth-order valence-corrected chi connectivity index (χ4v) is 4.29. The molecule has 160 valence electrons. The summed E-state index contributed by atoms with van der Waals surface area (Å²) in [6.07, 6.45) is -3.78. The first-order valence-electron chi connectivity index (χ1n) is 8.64. The van der Waals surface area contributed by atoms with E-state index in [0.29, 0.717) is 31.0 Å². The Morgan fingerprint density at radius 1 is 1.25 bits per heavy atom. The molecule has 0 aromatic heterocycles. The van der Waals surface area contributed by atoms with Crippen LogP contribution in [0.25, 0.3) is 0 Å². The van der Waals surface area contributed by atoms with Crippen molar-refractivity contribution in [2.24, 2.45) is 4.99 Å². The zero-order valence-electron chi connectivity index (χ0n) is 15.5. The summed E-state index contributed by atoms with van der Waals surface area (Å²) in [5, 5.41) is 6.21. The van der Waals surface area contributed by atoms with E-state index in [1.54, 1.807) is 24.3 Å². The van der Waals surface area contributed by atoms with Crippen molar-refractivity contribution in [1.29, 1.82) is 0 Å². The maximum atomic E-state index is 12.1. The molecule has 2 N–H and O–H groups in total. The normalized spacial score (nSPS) is 19.1. The summed E-state index contributed by atoms with van der Waals surface area (Å²) in [5.41, 5.74) is 1.53. The van der Waals surface area contributed by atoms with Crippen LogP contribution in [0.5, 0.6) is 0 Å². The number of nitrogens with one attached hydrogen (secondary N) is 2. The van der Waals surface area contributed by atoms with Crippen LogP contribution < -0.4 is 10.6 Å². The molecule has 1 saturated heterocycles. The van der Waals surface area contributed by atoms with Crippen LogP contribution in [0.4, 0.5) is 13.2 Å².